The predicted octanol–water partition coefficient (Wildman–Crippen LogP) is 1.62. The minimum absolute atomic E-state index is 0.116. The van der Waals surface area contributed by atoms with Gasteiger partial charge in [-0.05, 0) is 27.3 Å². The number of halogens is 3. The molecule has 0 saturated heterocycles. The highest BCUT2D eigenvalue weighted by atomic mass is 19.4. The third-order valence-electron chi connectivity index (χ3n) is 2.58. The van der Waals surface area contributed by atoms with Crippen LogP contribution in [0.25, 0.3) is 0 Å². The zero-order chi connectivity index (χ0) is 12.8. The summed E-state index contributed by atoms with van der Waals surface area (Å²) < 4.78 is 39.7. The molecular formula is C10H21F3N2O. The minimum atomic E-state index is -4.23. The van der Waals surface area contributed by atoms with Crippen LogP contribution in [0.3, 0.4) is 0 Å². The lowest BCUT2D eigenvalue weighted by atomic mass is 10.0. The summed E-state index contributed by atoms with van der Waals surface area (Å²) in [6.07, 6.45) is -3.67. The van der Waals surface area contributed by atoms with Crippen molar-refractivity contribution in [2.75, 3.05) is 33.4 Å². The van der Waals surface area contributed by atoms with E-state index in [1.807, 2.05) is 25.8 Å². The van der Waals surface area contributed by atoms with Crippen LogP contribution in [-0.4, -0.2) is 50.0 Å². The predicted molar refractivity (Wildman–Crippen MR) is 57.3 cm³/mol. The molecule has 0 heterocycles. The summed E-state index contributed by atoms with van der Waals surface area (Å²) in [6.45, 7) is 4.10. The van der Waals surface area contributed by atoms with Crippen LogP contribution in [-0.2, 0) is 4.74 Å². The highest BCUT2D eigenvalue weighted by Gasteiger charge is 2.27. The Bertz CT molecular complexity index is 195. The summed E-state index contributed by atoms with van der Waals surface area (Å²) in [5.41, 5.74) is 5.44. The number of likely N-dealkylation sites (N-methyl/N-ethyl adjacent to an activating group) is 1. The number of alkyl halides is 3. The average Bonchev–Trinajstić information content (AvgIpc) is 2.15. The van der Waals surface area contributed by atoms with E-state index in [1.165, 1.54) is 0 Å². The van der Waals surface area contributed by atoms with E-state index in [0.29, 0.717) is 19.5 Å². The second-order valence-corrected chi connectivity index (χ2v) is 4.46. The maximum Gasteiger partial charge on any atom is 0.411 e. The molecule has 0 saturated carbocycles. The Balaban J connectivity index is 3.60. The van der Waals surface area contributed by atoms with Crippen LogP contribution in [0.5, 0.6) is 0 Å². The number of hydrogen-bond acceptors (Lipinski definition) is 3. The zero-order valence-electron chi connectivity index (χ0n) is 10.1. The first-order valence-corrected chi connectivity index (χ1v) is 5.25. The zero-order valence-corrected chi connectivity index (χ0v) is 10.1. The highest BCUT2D eigenvalue weighted by Crippen LogP contribution is 2.15. The SMILES string of the molecule is CN(CCCOCC(F)(F)F)C(C)(C)CN. The van der Waals surface area contributed by atoms with E-state index < -0.39 is 12.8 Å². The first kappa shape index (κ1) is 15.7. The van der Waals surface area contributed by atoms with E-state index in [2.05, 4.69) is 4.74 Å². The minimum Gasteiger partial charge on any atom is -0.372 e. The maximum atomic E-state index is 11.7. The van der Waals surface area contributed by atoms with Crippen LogP contribution < -0.4 is 5.73 Å². The van der Waals surface area contributed by atoms with Gasteiger partial charge in [0.25, 0.3) is 0 Å². The van der Waals surface area contributed by atoms with Gasteiger partial charge in [0, 0.05) is 25.2 Å². The fourth-order valence-corrected chi connectivity index (χ4v) is 1.05. The van der Waals surface area contributed by atoms with E-state index in [1.54, 1.807) is 0 Å². The van der Waals surface area contributed by atoms with Crippen molar-refractivity contribution in [3.05, 3.63) is 0 Å². The molecule has 0 aliphatic carbocycles. The molecule has 0 rings (SSSR count). The Kier molecular flexibility index (Phi) is 6.28. The average molecular weight is 242 g/mol. The van der Waals surface area contributed by atoms with Gasteiger partial charge in [-0.3, -0.25) is 4.90 Å². The molecule has 0 unspecified atom stereocenters. The number of hydrogen-bond donors (Lipinski definition) is 1. The fraction of sp³-hybridized carbons (Fsp3) is 1.00. The summed E-state index contributed by atoms with van der Waals surface area (Å²) in [5.74, 6) is 0. The van der Waals surface area contributed by atoms with Gasteiger partial charge in [-0.25, -0.2) is 0 Å². The molecule has 16 heavy (non-hydrogen) atoms. The summed E-state index contributed by atoms with van der Waals surface area (Å²) >= 11 is 0. The number of nitrogens with zero attached hydrogens (tertiary/aromatic N) is 1. The molecule has 6 heteroatoms. The van der Waals surface area contributed by atoms with E-state index in [0.717, 1.165) is 0 Å². The lowest BCUT2D eigenvalue weighted by Crippen LogP contribution is -2.47. The smallest absolute Gasteiger partial charge is 0.372 e. The van der Waals surface area contributed by atoms with Crippen molar-refractivity contribution >= 4 is 0 Å². The Morgan fingerprint density at radius 1 is 1.25 bits per heavy atom. The quantitative estimate of drug-likeness (QED) is 0.689. The van der Waals surface area contributed by atoms with E-state index in [4.69, 9.17) is 5.73 Å². The molecule has 0 bridgehead atoms. The number of rotatable bonds is 7. The summed E-state index contributed by atoms with van der Waals surface area (Å²) in [6, 6.07) is 0. The summed E-state index contributed by atoms with van der Waals surface area (Å²) in [5, 5.41) is 0. The molecule has 0 aliphatic rings. The van der Waals surface area contributed by atoms with Gasteiger partial charge < -0.3 is 10.5 Å². The van der Waals surface area contributed by atoms with Crippen LogP contribution in [0.2, 0.25) is 0 Å². The molecule has 3 nitrogen and oxygen atoms in total. The highest BCUT2D eigenvalue weighted by molar-refractivity contribution is 4.79. The molecule has 0 aromatic heterocycles. The number of nitrogens with two attached hydrogens (primary N) is 1. The maximum absolute atomic E-state index is 11.7. The van der Waals surface area contributed by atoms with Gasteiger partial charge in [-0.1, -0.05) is 0 Å². The van der Waals surface area contributed by atoms with Gasteiger partial charge in [-0.2, -0.15) is 13.2 Å². The lowest BCUT2D eigenvalue weighted by Gasteiger charge is -2.34. The first-order valence-electron chi connectivity index (χ1n) is 5.25. The largest absolute Gasteiger partial charge is 0.411 e. The monoisotopic (exact) mass is 242 g/mol. The topological polar surface area (TPSA) is 38.5 Å². The molecule has 0 aliphatic heterocycles. The third kappa shape index (κ3) is 7.03. The molecule has 0 spiro atoms. The van der Waals surface area contributed by atoms with Crippen molar-refractivity contribution in [1.82, 2.24) is 4.90 Å². The van der Waals surface area contributed by atoms with Crippen LogP contribution in [0.15, 0.2) is 0 Å². The third-order valence-corrected chi connectivity index (χ3v) is 2.58. The van der Waals surface area contributed by atoms with Gasteiger partial charge in [0.2, 0.25) is 0 Å². The molecule has 0 atom stereocenters. The van der Waals surface area contributed by atoms with Gasteiger partial charge in [0.15, 0.2) is 0 Å². The molecule has 98 valence electrons. The first-order chi connectivity index (χ1) is 7.19. The van der Waals surface area contributed by atoms with Gasteiger partial charge in [0.05, 0.1) is 0 Å². The second-order valence-electron chi connectivity index (χ2n) is 4.46. The normalized spacial score (nSPS) is 13.5. The van der Waals surface area contributed by atoms with Crippen LogP contribution in [0.1, 0.15) is 20.3 Å². The summed E-state index contributed by atoms with van der Waals surface area (Å²) in [4.78, 5) is 2.02. The molecule has 2 N–H and O–H groups in total. The summed E-state index contributed by atoms with van der Waals surface area (Å²) in [7, 11) is 1.90. The molecule has 0 aromatic rings. The van der Waals surface area contributed by atoms with Crippen molar-refractivity contribution in [3.8, 4) is 0 Å². The molecule has 0 radical (unpaired) electrons. The van der Waals surface area contributed by atoms with Crippen molar-refractivity contribution in [3.63, 3.8) is 0 Å². The van der Waals surface area contributed by atoms with Crippen LogP contribution in [0.4, 0.5) is 13.2 Å². The Morgan fingerprint density at radius 3 is 2.25 bits per heavy atom. The van der Waals surface area contributed by atoms with Crippen molar-refractivity contribution < 1.29 is 17.9 Å². The van der Waals surface area contributed by atoms with Crippen molar-refractivity contribution in [1.29, 1.82) is 0 Å². The van der Waals surface area contributed by atoms with E-state index in [-0.39, 0.29) is 12.1 Å². The van der Waals surface area contributed by atoms with Gasteiger partial charge >= 0.3 is 6.18 Å². The number of ether oxygens (including phenoxy) is 1. The van der Waals surface area contributed by atoms with Gasteiger partial charge in [0.1, 0.15) is 6.61 Å². The van der Waals surface area contributed by atoms with Crippen LogP contribution in [0, 0.1) is 0 Å². The van der Waals surface area contributed by atoms with Crippen molar-refractivity contribution in [2.24, 2.45) is 5.73 Å². The Morgan fingerprint density at radius 2 is 1.81 bits per heavy atom. The lowest BCUT2D eigenvalue weighted by molar-refractivity contribution is -0.174. The molecule has 0 aromatic carbocycles. The van der Waals surface area contributed by atoms with Gasteiger partial charge in [-0.15, -0.1) is 0 Å². The van der Waals surface area contributed by atoms with Crippen LogP contribution >= 0.6 is 0 Å². The molecule has 0 fully saturated rings. The Labute approximate surface area is 94.7 Å². The molecule has 0 amide bonds. The molecular weight excluding hydrogens is 221 g/mol. The van der Waals surface area contributed by atoms with Crippen molar-refractivity contribution in [2.45, 2.75) is 32.0 Å². The standard InChI is InChI=1S/C10H21F3N2O/c1-9(2,7-14)15(3)5-4-6-16-8-10(11,12)13/h4-8,14H2,1-3H3. The Hall–Kier alpha value is -0.330. The van der Waals surface area contributed by atoms with E-state index in [9.17, 15) is 13.2 Å². The van der Waals surface area contributed by atoms with E-state index >= 15 is 0 Å². The second kappa shape index (κ2) is 6.42. The fourth-order valence-electron chi connectivity index (χ4n) is 1.05.